The normalized spacial score (nSPS) is 20.4. The first-order valence-electron chi connectivity index (χ1n) is 16.5. The molecule has 7 nitrogen and oxygen atoms in total. The van der Waals surface area contributed by atoms with Crippen LogP contribution in [0.2, 0.25) is 0 Å². The van der Waals surface area contributed by atoms with Crippen LogP contribution in [0, 0.1) is 11.7 Å². The molecule has 1 N–H and O–H groups in total. The van der Waals surface area contributed by atoms with E-state index < -0.39 is 35.3 Å². The lowest BCUT2D eigenvalue weighted by Crippen LogP contribution is -2.39. The Labute approximate surface area is 265 Å². The third-order valence-electron chi connectivity index (χ3n) is 9.00. The van der Waals surface area contributed by atoms with E-state index in [1.165, 1.54) is 17.7 Å². The summed E-state index contributed by atoms with van der Waals surface area (Å²) >= 11 is 0. The molecule has 45 heavy (non-hydrogen) atoms. The number of alkyl halides is 2. The first kappa shape index (κ1) is 33.7. The Morgan fingerprint density at radius 1 is 1.13 bits per heavy atom. The second-order valence-corrected chi connectivity index (χ2v) is 13.7. The molecule has 5 rings (SSSR count). The van der Waals surface area contributed by atoms with Gasteiger partial charge < -0.3 is 19.5 Å². The number of esters is 1. The van der Waals surface area contributed by atoms with Crippen molar-refractivity contribution < 1.29 is 32.2 Å². The highest BCUT2D eigenvalue weighted by molar-refractivity contribution is 5.78. The number of hydrogen-bond donors (Lipinski definition) is 1. The van der Waals surface area contributed by atoms with Crippen molar-refractivity contribution in [3.8, 4) is 0 Å². The van der Waals surface area contributed by atoms with Gasteiger partial charge in [-0.3, -0.25) is 4.90 Å². The van der Waals surface area contributed by atoms with Gasteiger partial charge in [0, 0.05) is 44.3 Å². The first-order chi connectivity index (χ1) is 21.5. The van der Waals surface area contributed by atoms with Gasteiger partial charge in [-0.05, 0) is 114 Å². The number of carbonyl (C=O) groups is 1. The molecule has 3 aliphatic heterocycles. The average molecular weight is 632 g/mol. The third kappa shape index (κ3) is 9.20. The van der Waals surface area contributed by atoms with Gasteiger partial charge in [0.25, 0.3) is 5.92 Å². The predicted molar refractivity (Wildman–Crippen MR) is 167 cm³/mol. The maximum absolute atomic E-state index is 15.6. The standard InChI is InChI=1S/C35H48F3N3O4/c1-34(2,3)45-33(42)31(30-21-27(36)11-9-25(30)23-44-29-14-19-43-20-15-29)41-18-13-26(22-41)35(37,38)16-5-4-8-28-12-10-24-7-6-17-39-32(24)40-28/h9-12,21,26,29,31H,4-8,13-20,22-23H2,1-3H3,(H,39,40). The lowest BCUT2D eigenvalue weighted by molar-refractivity contribution is -0.162. The number of aryl methyl sites for hydroxylation is 2. The van der Waals surface area contributed by atoms with Gasteiger partial charge in [0.1, 0.15) is 23.3 Å². The molecular weight excluding hydrogens is 583 g/mol. The van der Waals surface area contributed by atoms with Gasteiger partial charge in [0.15, 0.2) is 0 Å². The van der Waals surface area contributed by atoms with Gasteiger partial charge in [0.05, 0.1) is 12.7 Å². The van der Waals surface area contributed by atoms with Crippen molar-refractivity contribution in [3.05, 3.63) is 58.5 Å². The van der Waals surface area contributed by atoms with Crippen molar-refractivity contribution in [2.45, 2.75) is 109 Å². The van der Waals surface area contributed by atoms with Crippen LogP contribution >= 0.6 is 0 Å². The van der Waals surface area contributed by atoms with Crippen molar-refractivity contribution in [1.29, 1.82) is 0 Å². The van der Waals surface area contributed by atoms with Crippen LogP contribution in [0.3, 0.4) is 0 Å². The molecule has 4 heterocycles. The van der Waals surface area contributed by atoms with E-state index in [1.807, 2.05) is 6.07 Å². The monoisotopic (exact) mass is 631 g/mol. The Morgan fingerprint density at radius 3 is 2.71 bits per heavy atom. The fourth-order valence-electron chi connectivity index (χ4n) is 6.58. The molecule has 1 aromatic carbocycles. The van der Waals surface area contributed by atoms with Crippen LogP contribution in [0.15, 0.2) is 30.3 Å². The van der Waals surface area contributed by atoms with Gasteiger partial charge in [-0.2, -0.15) is 0 Å². The number of halogens is 3. The first-order valence-corrected chi connectivity index (χ1v) is 16.5. The number of unbranched alkanes of at least 4 members (excludes halogenated alkanes) is 1. The Kier molecular flexibility index (Phi) is 11.1. The molecule has 1 aromatic heterocycles. The summed E-state index contributed by atoms with van der Waals surface area (Å²) in [5, 5.41) is 3.33. The Hall–Kier alpha value is -2.69. The van der Waals surface area contributed by atoms with Gasteiger partial charge >= 0.3 is 5.97 Å². The van der Waals surface area contributed by atoms with Crippen LogP contribution in [-0.2, 0) is 38.5 Å². The molecule has 248 valence electrons. The molecule has 2 fully saturated rings. The lowest BCUT2D eigenvalue weighted by atomic mass is 9.94. The Balaban J connectivity index is 1.24. The molecule has 2 unspecified atom stereocenters. The number of pyridine rings is 1. The second-order valence-electron chi connectivity index (χ2n) is 13.7. The van der Waals surface area contributed by atoms with E-state index in [9.17, 15) is 9.18 Å². The van der Waals surface area contributed by atoms with Crippen molar-refractivity contribution in [2.24, 2.45) is 5.92 Å². The maximum Gasteiger partial charge on any atom is 0.328 e. The fourth-order valence-corrected chi connectivity index (χ4v) is 6.58. The smallest absolute Gasteiger partial charge is 0.328 e. The van der Waals surface area contributed by atoms with E-state index in [2.05, 4.69) is 16.4 Å². The van der Waals surface area contributed by atoms with Gasteiger partial charge in [-0.1, -0.05) is 12.1 Å². The topological polar surface area (TPSA) is 72.9 Å². The molecule has 0 amide bonds. The minimum atomic E-state index is -2.89. The number of ether oxygens (including phenoxy) is 3. The van der Waals surface area contributed by atoms with Crippen molar-refractivity contribution >= 4 is 11.8 Å². The van der Waals surface area contributed by atoms with E-state index in [0.29, 0.717) is 43.6 Å². The van der Waals surface area contributed by atoms with E-state index in [0.717, 1.165) is 43.7 Å². The summed E-state index contributed by atoms with van der Waals surface area (Å²) in [5.41, 5.74) is 2.40. The Bertz CT molecular complexity index is 1300. The van der Waals surface area contributed by atoms with Gasteiger partial charge in [0.2, 0.25) is 0 Å². The molecule has 3 aliphatic rings. The molecule has 2 atom stereocenters. The molecule has 0 saturated carbocycles. The molecule has 0 bridgehead atoms. The van der Waals surface area contributed by atoms with E-state index >= 15 is 8.78 Å². The van der Waals surface area contributed by atoms with Gasteiger partial charge in [-0.25, -0.2) is 22.9 Å². The van der Waals surface area contributed by atoms with Crippen molar-refractivity contribution in [2.75, 3.05) is 38.2 Å². The van der Waals surface area contributed by atoms with Crippen LogP contribution in [0.25, 0.3) is 0 Å². The number of fused-ring (bicyclic) bond motifs is 1. The van der Waals surface area contributed by atoms with Crippen LogP contribution in [0.5, 0.6) is 0 Å². The predicted octanol–water partition coefficient (Wildman–Crippen LogP) is 7.03. The minimum Gasteiger partial charge on any atom is -0.459 e. The Morgan fingerprint density at radius 2 is 1.93 bits per heavy atom. The summed E-state index contributed by atoms with van der Waals surface area (Å²) in [6.07, 6.45) is 5.30. The van der Waals surface area contributed by atoms with E-state index in [-0.39, 0.29) is 38.6 Å². The number of benzene rings is 1. The molecule has 0 aliphatic carbocycles. The lowest BCUT2D eigenvalue weighted by Gasteiger charge is -2.32. The zero-order chi connectivity index (χ0) is 32.0. The molecular formula is C35H48F3N3O4. The SMILES string of the molecule is CC(C)(C)OC(=O)C(c1cc(F)ccc1COC1CCOCC1)N1CCC(C(F)(F)CCCCc2ccc3c(n2)NCCC3)C1. The van der Waals surface area contributed by atoms with Crippen molar-refractivity contribution in [1.82, 2.24) is 9.88 Å². The number of nitrogens with zero attached hydrogens (tertiary/aromatic N) is 2. The van der Waals surface area contributed by atoms with Gasteiger partial charge in [-0.15, -0.1) is 0 Å². The molecule has 0 spiro atoms. The number of carbonyl (C=O) groups excluding carboxylic acids is 1. The minimum absolute atomic E-state index is 0.00572. The van der Waals surface area contributed by atoms with E-state index in [4.69, 9.17) is 14.2 Å². The number of anilines is 1. The third-order valence-corrected chi connectivity index (χ3v) is 9.00. The number of likely N-dealkylation sites (tertiary alicyclic amines) is 1. The van der Waals surface area contributed by atoms with Crippen LogP contribution < -0.4 is 5.32 Å². The summed E-state index contributed by atoms with van der Waals surface area (Å²) < 4.78 is 63.2. The highest BCUT2D eigenvalue weighted by atomic mass is 19.3. The van der Waals surface area contributed by atoms with Crippen LogP contribution in [0.4, 0.5) is 19.0 Å². The quantitative estimate of drug-likeness (QED) is 0.199. The number of aromatic nitrogens is 1. The van der Waals surface area contributed by atoms with Crippen LogP contribution in [-0.4, -0.2) is 66.3 Å². The largest absolute Gasteiger partial charge is 0.459 e. The van der Waals surface area contributed by atoms with Crippen LogP contribution in [0.1, 0.15) is 94.1 Å². The number of hydrogen-bond acceptors (Lipinski definition) is 7. The summed E-state index contributed by atoms with van der Waals surface area (Å²) in [6, 6.07) is 7.37. The fraction of sp³-hybridized carbons (Fsp3) is 0.657. The second kappa shape index (κ2) is 14.8. The maximum atomic E-state index is 15.6. The highest BCUT2D eigenvalue weighted by Gasteiger charge is 2.46. The zero-order valence-electron chi connectivity index (χ0n) is 26.9. The number of nitrogens with one attached hydrogen (secondary N) is 1. The molecule has 2 saturated heterocycles. The average Bonchev–Trinajstić information content (AvgIpc) is 3.49. The molecule has 2 aromatic rings. The molecule has 0 radical (unpaired) electrons. The summed E-state index contributed by atoms with van der Waals surface area (Å²) in [5.74, 6) is -3.96. The van der Waals surface area contributed by atoms with Crippen molar-refractivity contribution in [3.63, 3.8) is 0 Å². The van der Waals surface area contributed by atoms with E-state index in [1.54, 1.807) is 31.7 Å². The summed E-state index contributed by atoms with van der Waals surface area (Å²) in [4.78, 5) is 20.1. The highest BCUT2D eigenvalue weighted by Crippen LogP contribution is 2.40. The summed E-state index contributed by atoms with van der Waals surface area (Å²) in [6.45, 7) is 7.92. The molecule has 10 heteroatoms. The summed E-state index contributed by atoms with van der Waals surface area (Å²) in [7, 11) is 0. The zero-order valence-corrected chi connectivity index (χ0v) is 26.9. The number of rotatable bonds is 12.